The largest absolute Gasteiger partial charge is 0.382 e. The predicted octanol–water partition coefficient (Wildman–Crippen LogP) is 2.94. The van der Waals surface area contributed by atoms with Crippen molar-refractivity contribution in [2.24, 2.45) is 0 Å². The van der Waals surface area contributed by atoms with Gasteiger partial charge in [-0.1, -0.05) is 27.2 Å². The molecule has 0 bridgehead atoms. The summed E-state index contributed by atoms with van der Waals surface area (Å²) in [6.07, 6.45) is 2.01. The first kappa shape index (κ1) is 19.1. The Kier molecular flexibility index (Phi) is 7.62. The number of hydrogen-bond acceptors (Lipinski definition) is 5. The van der Waals surface area contributed by atoms with Gasteiger partial charge in [0.15, 0.2) is 5.82 Å². The molecule has 134 valence electrons. The van der Waals surface area contributed by atoms with Crippen LogP contribution in [0.25, 0.3) is 0 Å². The van der Waals surface area contributed by atoms with Crippen LogP contribution in [0.2, 0.25) is 0 Å². The first-order valence-electron chi connectivity index (χ1n) is 7.93. The molecule has 0 aliphatic heterocycles. The van der Waals surface area contributed by atoms with Crippen LogP contribution in [0.4, 0.5) is 5.82 Å². The van der Waals surface area contributed by atoms with Crippen molar-refractivity contribution in [3.8, 4) is 0 Å². The van der Waals surface area contributed by atoms with Gasteiger partial charge in [-0.3, -0.25) is 9.59 Å². The van der Waals surface area contributed by atoms with E-state index in [1.165, 1.54) is 17.2 Å². The number of halogens is 1. The molecule has 7 nitrogen and oxygen atoms in total. The highest BCUT2D eigenvalue weighted by atomic mass is 79.9. The molecular formula is C17H20BrN3O4. The van der Waals surface area contributed by atoms with E-state index in [1.54, 1.807) is 18.2 Å². The number of anilines is 1. The molecule has 0 unspecified atom stereocenters. The number of benzene rings is 1. The van der Waals surface area contributed by atoms with Crippen molar-refractivity contribution in [1.82, 2.24) is 10.1 Å². The quantitative estimate of drug-likeness (QED) is 0.643. The van der Waals surface area contributed by atoms with Gasteiger partial charge in [0.1, 0.15) is 12.8 Å². The molecule has 1 aromatic heterocycles. The molecule has 0 saturated heterocycles. The molecule has 1 N–H and O–H groups in total. The molecule has 0 aliphatic carbocycles. The van der Waals surface area contributed by atoms with E-state index in [4.69, 9.17) is 4.74 Å². The summed E-state index contributed by atoms with van der Waals surface area (Å²) in [4.78, 5) is 26.4. The topological polar surface area (TPSA) is 84.7 Å². The molecular weight excluding hydrogens is 390 g/mol. The Morgan fingerprint density at radius 2 is 2.20 bits per heavy atom. The number of amides is 2. The van der Waals surface area contributed by atoms with Gasteiger partial charge in [0.05, 0.1) is 0 Å². The number of hydrogen-bond donors (Lipinski definition) is 1. The van der Waals surface area contributed by atoms with E-state index in [2.05, 4.69) is 30.9 Å². The minimum absolute atomic E-state index is 0.0790. The zero-order valence-corrected chi connectivity index (χ0v) is 15.5. The van der Waals surface area contributed by atoms with Crippen molar-refractivity contribution < 1.29 is 18.8 Å². The van der Waals surface area contributed by atoms with Crippen LogP contribution in [-0.4, -0.2) is 48.2 Å². The molecule has 1 heterocycles. The molecule has 0 fully saturated rings. The highest BCUT2D eigenvalue weighted by Gasteiger charge is 2.19. The Labute approximate surface area is 154 Å². The summed E-state index contributed by atoms with van der Waals surface area (Å²) < 4.78 is 10.8. The van der Waals surface area contributed by atoms with Crippen LogP contribution < -0.4 is 5.32 Å². The molecule has 8 heteroatoms. The van der Waals surface area contributed by atoms with Crippen molar-refractivity contribution in [2.75, 3.05) is 31.6 Å². The molecule has 0 atom stereocenters. The average molecular weight is 410 g/mol. The maximum atomic E-state index is 12.7. The van der Waals surface area contributed by atoms with Crippen molar-refractivity contribution in [3.05, 3.63) is 46.6 Å². The van der Waals surface area contributed by atoms with Crippen molar-refractivity contribution in [3.63, 3.8) is 0 Å². The minimum Gasteiger partial charge on any atom is -0.382 e. The lowest BCUT2D eigenvalue weighted by molar-refractivity contribution is -0.117. The molecule has 2 aromatic rings. The summed E-state index contributed by atoms with van der Waals surface area (Å²) in [6, 6.07) is 8.61. The van der Waals surface area contributed by atoms with Crippen LogP contribution in [0, 0.1) is 0 Å². The Balaban J connectivity index is 2.03. The van der Waals surface area contributed by atoms with Gasteiger partial charge in [-0.2, -0.15) is 0 Å². The summed E-state index contributed by atoms with van der Waals surface area (Å²) in [7, 11) is 0. The lowest BCUT2D eigenvalue weighted by atomic mass is 10.2. The summed E-state index contributed by atoms with van der Waals surface area (Å²) in [6.45, 7) is 3.40. The summed E-state index contributed by atoms with van der Waals surface area (Å²) in [5, 5.41) is 6.22. The fraction of sp³-hybridized carbons (Fsp3) is 0.353. The van der Waals surface area contributed by atoms with E-state index in [9.17, 15) is 9.59 Å². The van der Waals surface area contributed by atoms with Crippen LogP contribution in [0.1, 0.15) is 23.7 Å². The molecule has 2 rings (SSSR count). The van der Waals surface area contributed by atoms with Gasteiger partial charge < -0.3 is 19.5 Å². The maximum Gasteiger partial charge on any atom is 0.254 e. The number of nitrogens with zero attached hydrogens (tertiary/aromatic N) is 2. The van der Waals surface area contributed by atoms with E-state index in [1.807, 2.05) is 13.0 Å². The molecule has 0 spiro atoms. The first-order valence-corrected chi connectivity index (χ1v) is 8.72. The highest BCUT2D eigenvalue weighted by Crippen LogP contribution is 2.14. The molecule has 2 amide bonds. The average Bonchev–Trinajstić information content (AvgIpc) is 3.10. The van der Waals surface area contributed by atoms with Crippen molar-refractivity contribution >= 4 is 33.6 Å². The molecule has 25 heavy (non-hydrogen) atoms. The van der Waals surface area contributed by atoms with E-state index in [-0.39, 0.29) is 18.4 Å². The lowest BCUT2D eigenvalue weighted by Gasteiger charge is -2.22. The second-order valence-corrected chi connectivity index (χ2v) is 6.14. The normalized spacial score (nSPS) is 10.5. The van der Waals surface area contributed by atoms with Crippen LogP contribution in [-0.2, 0) is 9.53 Å². The van der Waals surface area contributed by atoms with E-state index in [0.29, 0.717) is 37.6 Å². The number of carbonyl (C=O) groups is 2. The maximum absolute atomic E-state index is 12.7. The number of aromatic nitrogens is 1. The predicted molar refractivity (Wildman–Crippen MR) is 96.3 cm³/mol. The van der Waals surface area contributed by atoms with Crippen LogP contribution >= 0.6 is 15.9 Å². The third kappa shape index (κ3) is 6.32. The number of rotatable bonds is 9. The monoisotopic (exact) mass is 409 g/mol. The first-order chi connectivity index (χ1) is 12.1. The third-order valence-electron chi connectivity index (χ3n) is 3.32. The van der Waals surface area contributed by atoms with Crippen LogP contribution in [0.15, 0.2) is 45.6 Å². The molecule has 0 saturated carbocycles. The summed E-state index contributed by atoms with van der Waals surface area (Å²) >= 11 is 3.35. The fourth-order valence-corrected chi connectivity index (χ4v) is 2.59. The van der Waals surface area contributed by atoms with Gasteiger partial charge in [0.25, 0.3) is 5.91 Å². The van der Waals surface area contributed by atoms with E-state index in [0.717, 1.165) is 4.47 Å². The summed E-state index contributed by atoms with van der Waals surface area (Å²) in [5.41, 5.74) is 0.514. The Morgan fingerprint density at radius 1 is 1.36 bits per heavy atom. The van der Waals surface area contributed by atoms with Gasteiger partial charge in [0, 0.05) is 35.9 Å². The second kappa shape index (κ2) is 9.95. The van der Waals surface area contributed by atoms with E-state index >= 15 is 0 Å². The van der Waals surface area contributed by atoms with Crippen LogP contribution in [0.3, 0.4) is 0 Å². The molecule has 0 radical (unpaired) electrons. The SMILES string of the molecule is CCOCCCN(CC(=O)Nc1ccon1)C(=O)c1cccc(Br)c1. The van der Waals surface area contributed by atoms with Gasteiger partial charge in [-0.05, 0) is 31.5 Å². The minimum atomic E-state index is -0.339. The van der Waals surface area contributed by atoms with E-state index < -0.39 is 0 Å². The van der Waals surface area contributed by atoms with Gasteiger partial charge in [-0.25, -0.2) is 0 Å². The Bertz CT molecular complexity index is 691. The zero-order chi connectivity index (χ0) is 18.1. The van der Waals surface area contributed by atoms with Crippen LogP contribution in [0.5, 0.6) is 0 Å². The number of carbonyl (C=O) groups excluding carboxylic acids is 2. The van der Waals surface area contributed by atoms with Gasteiger partial charge >= 0.3 is 0 Å². The third-order valence-corrected chi connectivity index (χ3v) is 3.81. The van der Waals surface area contributed by atoms with Crippen molar-refractivity contribution in [2.45, 2.75) is 13.3 Å². The number of ether oxygens (including phenoxy) is 1. The number of nitrogens with one attached hydrogen (secondary N) is 1. The summed E-state index contributed by atoms with van der Waals surface area (Å²) in [5.74, 6) is -0.240. The highest BCUT2D eigenvalue weighted by molar-refractivity contribution is 9.10. The lowest BCUT2D eigenvalue weighted by Crippen LogP contribution is -2.39. The Hall–Kier alpha value is -2.19. The van der Waals surface area contributed by atoms with Gasteiger partial charge in [0.2, 0.25) is 5.91 Å². The zero-order valence-electron chi connectivity index (χ0n) is 13.9. The molecule has 1 aromatic carbocycles. The molecule has 0 aliphatic rings. The second-order valence-electron chi connectivity index (χ2n) is 5.22. The smallest absolute Gasteiger partial charge is 0.254 e. The Morgan fingerprint density at radius 3 is 2.88 bits per heavy atom. The fourth-order valence-electron chi connectivity index (χ4n) is 2.19. The standard InChI is InChI=1S/C17H20BrN3O4/c1-2-24-9-4-8-21(12-16(22)19-15-7-10-25-20-15)17(23)13-5-3-6-14(18)11-13/h3,5-7,10-11H,2,4,8-9,12H2,1H3,(H,19,20,22). The van der Waals surface area contributed by atoms with Crippen molar-refractivity contribution in [1.29, 1.82) is 0 Å². The van der Waals surface area contributed by atoms with Gasteiger partial charge in [-0.15, -0.1) is 0 Å².